The number of benzene rings is 2. The molecule has 0 amide bonds. The molecular formula is C18H16NNa2O4PS. The third kappa shape index (κ3) is 6.31. The Labute approximate surface area is 206 Å². The Morgan fingerprint density at radius 3 is 2.30 bits per heavy atom. The van der Waals surface area contributed by atoms with Crippen molar-refractivity contribution in [2.45, 2.75) is 29.7 Å². The fourth-order valence-electron chi connectivity index (χ4n) is 2.62. The minimum atomic E-state index is -5.12. The summed E-state index contributed by atoms with van der Waals surface area (Å²) in [5.41, 5.74) is -0.752. The first-order chi connectivity index (χ1) is 11.9. The van der Waals surface area contributed by atoms with Gasteiger partial charge in [0.05, 0.1) is 5.30 Å². The Hall–Kier alpha value is 0.150. The van der Waals surface area contributed by atoms with Gasteiger partial charge in [-0.1, -0.05) is 49.0 Å². The smallest absolute Gasteiger partial charge is 0.807 e. The van der Waals surface area contributed by atoms with Crippen molar-refractivity contribution in [3.63, 3.8) is 0 Å². The molecule has 0 N–H and O–H groups in total. The molecule has 0 unspecified atom stereocenters. The van der Waals surface area contributed by atoms with E-state index in [0.29, 0.717) is 17.9 Å². The maximum absolute atomic E-state index is 12.2. The van der Waals surface area contributed by atoms with Crippen LogP contribution in [0.25, 0.3) is 10.8 Å². The summed E-state index contributed by atoms with van der Waals surface area (Å²) in [6.45, 7) is 2.24. The zero-order valence-corrected chi connectivity index (χ0v) is 21.3. The summed E-state index contributed by atoms with van der Waals surface area (Å²) in [6, 6.07) is 15.0. The largest absolute Gasteiger partial charge is 1.00 e. The minimum Gasteiger partial charge on any atom is -0.807 e. The zero-order chi connectivity index (χ0) is 18.0. The third-order valence-electron chi connectivity index (χ3n) is 3.76. The molecule has 130 valence electrons. The van der Waals surface area contributed by atoms with Gasteiger partial charge < -0.3 is 18.9 Å². The van der Waals surface area contributed by atoms with Gasteiger partial charge in [0, 0.05) is 22.5 Å². The van der Waals surface area contributed by atoms with Gasteiger partial charge in [-0.15, -0.1) is 0 Å². The molecule has 0 aliphatic heterocycles. The number of aromatic nitrogens is 1. The van der Waals surface area contributed by atoms with E-state index in [1.807, 2.05) is 49.4 Å². The fraction of sp³-hybridized carbons (Fsp3) is 0.167. The third-order valence-corrected chi connectivity index (χ3v) is 5.62. The van der Waals surface area contributed by atoms with E-state index in [-0.39, 0.29) is 59.1 Å². The van der Waals surface area contributed by atoms with Gasteiger partial charge in [-0.05, 0) is 43.0 Å². The van der Waals surface area contributed by atoms with Gasteiger partial charge >= 0.3 is 59.1 Å². The van der Waals surface area contributed by atoms with Crippen LogP contribution in [0.15, 0.2) is 69.3 Å². The van der Waals surface area contributed by atoms with E-state index >= 15 is 0 Å². The van der Waals surface area contributed by atoms with Crippen LogP contribution in [0, 0.1) is 0 Å². The fourth-order valence-corrected chi connectivity index (χ4v) is 4.32. The number of hydrogen-bond donors (Lipinski definition) is 0. The number of aryl methyl sites for hydroxylation is 1. The van der Waals surface area contributed by atoms with Crippen molar-refractivity contribution in [1.29, 1.82) is 0 Å². The van der Waals surface area contributed by atoms with E-state index in [1.165, 1.54) is 22.4 Å². The molecule has 1 heterocycles. The van der Waals surface area contributed by atoms with Crippen LogP contribution >= 0.6 is 19.4 Å². The Balaban J connectivity index is 0.00000182. The standard InChI is InChI=1S/C18H18NO4PS.2Na/c1-2-9-19-12-16(11-17(18(19)20)24(21,22)23)25-15-8-7-13-5-3-4-6-14(13)10-15;;/h3-8,10-12H,2,9H2,1H3,(H2,21,22,23);;/q;2*+1/p-2. The summed E-state index contributed by atoms with van der Waals surface area (Å²) in [6.07, 6.45) is 2.26. The first kappa shape index (κ1) is 25.2. The van der Waals surface area contributed by atoms with E-state index in [1.54, 1.807) is 6.20 Å². The Bertz CT molecular complexity index is 1040. The second kappa shape index (κ2) is 10.8. The number of fused-ring (bicyclic) bond motifs is 1. The maximum atomic E-state index is 12.2. The molecule has 0 aliphatic carbocycles. The summed E-state index contributed by atoms with van der Waals surface area (Å²) >= 11 is 1.32. The molecule has 3 aromatic rings. The van der Waals surface area contributed by atoms with Crippen molar-refractivity contribution in [3.8, 4) is 0 Å². The van der Waals surface area contributed by atoms with E-state index < -0.39 is 18.5 Å². The molecule has 0 spiro atoms. The molecule has 27 heavy (non-hydrogen) atoms. The summed E-state index contributed by atoms with van der Waals surface area (Å²) in [4.78, 5) is 36.5. The SMILES string of the molecule is CCCn1cc(Sc2ccc3ccccc3c2)cc(P(=O)([O-])[O-])c1=O.[Na+].[Na+]. The Morgan fingerprint density at radius 2 is 1.67 bits per heavy atom. The second-order valence-electron chi connectivity index (χ2n) is 5.67. The number of rotatable bonds is 5. The Morgan fingerprint density at radius 1 is 1.00 bits per heavy atom. The quantitative estimate of drug-likeness (QED) is 0.312. The van der Waals surface area contributed by atoms with Crippen LogP contribution in [0.5, 0.6) is 0 Å². The van der Waals surface area contributed by atoms with Gasteiger partial charge in [-0.2, -0.15) is 0 Å². The average molecular weight is 419 g/mol. The number of pyridine rings is 1. The molecule has 0 atom stereocenters. The maximum Gasteiger partial charge on any atom is 1.00 e. The minimum absolute atomic E-state index is 0. The molecule has 9 heteroatoms. The Kier molecular flexibility index (Phi) is 10.1. The van der Waals surface area contributed by atoms with Crippen molar-refractivity contribution in [2.75, 3.05) is 0 Å². The topological polar surface area (TPSA) is 85.2 Å². The van der Waals surface area contributed by atoms with Crippen LogP contribution in [0.4, 0.5) is 0 Å². The summed E-state index contributed by atoms with van der Waals surface area (Å²) < 4.78 is 12.7. The van der Waals surface area contributed by atoms with Crippen LogP contribution < -0.4 is 79.8 Å². The van der Waals surface area contributed by atoms with Crippen molar-refractivity contribution < 1.29 is 73.5 Å². The molecule has 3 rings (SSSR count). The van der Waals surface area contributed by atoms with Crippen molar-refractivity contribution in [1.82, 2.24) is 4.57 Å². The summed E-state index contributed by atoms with van der Waals surface area (Å²) in [7, 11) is -5.12. The van der Waals surface area contributed by atoms with Crippen molar-refractivity contribution >= 4 is 35.4 Å². The van der Waals surface area contributed by atoms with Gasteiger partial charge in [0.25, 0.3) is 5.56 Å². The average Bonchev–Trinajstić information content (AvgIpc) is 2.57. The molecule has 0 bridgehead atoms. The molecule has 2 aromatic carbocycles. The predicted octanol–water partition coefficient (Wildman–Crippen LogP) is -3.89. The van der Waals surface area contributed by atoms with E-state index in [2.05, 4.69) is 0 Å². The first-order valence-corrected chi connectivity index (χ1v) is 10.2. The van der Waals surface area contributed by atoms with Crippen molar-refractivity contribution in [3.05, 3.63) is 65.1 Å². The molecule has 0 saturated heterocycles. The van der Waals surface area contributed by atoms with Gasteiger partial charge in [0.1, 0.15) is 0 Å². The molecule has 0 radical (unpaired) electrons. The molecule has 1 aromatic heterocycles. The van der Waals surface area contributed by atoms with E-state index in [9.17, 15) is 19.1 Å². The second-order valence-corrected chi connectivity index (χ2v) is 8.29. The van der Waals surface area contributed by atoms with Crippen LogP contribution in [0.1, 0.15) is 13.3 Å². The van der Waals surface area contributed by atoms with Crippen LogP contribution in [-0.2, 0) is 11.1 Å². The molecule has 0 fully saturated rings. The summed E-state index contributed by atoms with van der Waals surface area (Å²) in [5.74, 6) is 0. The van der Waals surface area contributed by atoms with Crippen molar-refractivity contribution in [2.24, 2.45) is 0 Å². The predicted molar refractivity (Wildman–Crippen MR) is 96.3 cm³/mol. The zero-order valence-electron chi connectivity index (χ0n) is 15.5. The van der Waals surface area contributed by atoms with Gasteiger partial charge in [-0.25, -0.2) is 0 Å². The van der Waals surface area contributed by atoms with Gasteiger partial charge in [-0.3, -0.25) is 4.79 Å². The van der Waals surface area contributed by atoms with Crippen LogP contribution in [-0.4, -0.2) is 4.57 Å². The van der Waals surface area contributed by atoms with Gasteiger partial charge in [0.15, 0.2) is 0 Å². The van der Waals surface area contributed by atoms with Crippen LogP contribution in [0.2, 0.25) is 0 Å². The van der Waals surface area contributed by atoms with E-state index in [4.69, 9.17) is 0 Å². The molecular weight excluding hydrogens is 403 g/mol. The summed E-state index contributed by atoms with van der Waals surface area (Å²) in [5, 5.41) is 1.49. The van der Waals surface area contributed by atoms with E-state index in [0.717, 1.165) is 15.7 Å². The molecule has 0 aliphatic rings. The normalized spacial score (nSPS) is 10.9. The number of hydrogen-bond acceptors (Lipinski definition) is 5. The van der Waals surface area contributed by atoms with Gasteiger partial charge in [0.2, 0.25) is 0 Å². The van der Waals surface area contributed by atoms with Crippen LogP contribution in [0.3, 0.4) is 0 Å². The molecule has 0 saturated carbocycles. The first-order valence-electron chi connectivity index (χ1n) is 7.82. The number of nitrogens with zero attached hydrogens (tertiary/aromatic N) is 1. The monoisotopic (exact) mass is 419 g/mol. The molecule has 5 nitrogen and oxygen atoms in total.